The molecule has 0 radical (unpaired) electrons. The molecule has 6 heterocycles. The first-order chi connectivity index (χ1) is 31.9. The zero-order valence-electron chi connectivity index (χ0n) is 38.3. The monoisotopic (exact) mass is 950 g/mol. The molecule has 2 saturated heterocycles. The predicted molar refractivity (Wildman–Crippen MR) is 254 cm³/mol. The highest BCUT2D eigenvalue weighted by atomic mass is 32.1. The lowest BCUT2D eigenvalue weighted by molar-refractivity contribution is -0.138. The van der Waals surface area contributed by atoms with E-state index >= 15 is 0 Å². The van der Waals surface area contributed by atoms with Gasteiger partial charge in [0.1, 0.15) is 22.7 Å². The molecule has 19 heteroatoms. The quantitative estimate of drug-likeness (QED) is 0.120. The van der Waals surface area contributed by atoms with Crippen molar-refractivity contribution in [3.63, 3.8) is 0 Å². The Balaban J connectivity index is 0.000000199. The summed E-state index contributed by atoms with van der Waals surface area (Å²) in [6, 6.07) is 11.6. The molecule has 17 nitrogen and oxygen atoms in total. The minimum Gasteiger partial charge on any atom is -0.377 e. The smallest absolute Gasteiger partial charge is 0.319 e. The number of nitrogens with one attached hydrogen (secondary N) is 4. The summed E-state index contributed by atoms with van der Waals surface area (Å²) in [5.74, 6) is -2.79. The summed E-state index contributed by atoms with van der Waals surface area (Å²) < 4.78 is 0. The number of nitrogens with zero attached hydrogens (tertiary/aromatic N) is 4. The van der Waals surface area contributed by atoms with E-state index < -0.39 is 47.7 Å². The zero-order valence-corrected chi connectivity index (χ0v) is 40.0. The van der Waals surface area contributed by atoms with Crippen LogP contribution in [-0.4, -0.2) is 103 Å². The van der Waals surface area contributed by atoms with Crippen molar-refractivity contribution in [2.24, 2.45) is 0 Å². The molecular weight excluding hydrogens is 897 g/mol. The predicted octanol–water partition coefficient (Wildman–Crippen LogP) is 5.25. The fourth-order valence-corrected chi connectivity index (χ4v) is 10.8. The maximum atomic E-state index is 12.8. The van der Waals surface area contributed by atoms with Gasteiger partial charge in [0.25, 0.3) is 17.7 Å². The Morgan fingerprint density at radius 3 is 2.07 bits per heavy atom. The zero-order chi connectivity index (χ0) is 48.3. The van der Waals surface area contributed by atoms with Crippen molar-refractivity contribution >= 4 is 92.9 Å². The number of hydrogen-bond donors (Lipinski definition) is 4. The van der Waals surface area contributed by atoms with Crippen LogP contribution in [0.3, 0.4) is 0 Å². The van der Waals surface area contributed by atoms with Crippen molar-refractivity contribution in [2.45, 2.75) is 96.8 Å². The second-order valence-corrected chi connectivity index (χ2v) is 19.6. The molecule has 67 heavy (non-hydrogen) atoms. The Bertz CT molecular complexity index is 2650. The first kappa shape index (κ1) is 48.2. The second kappa shape index (κ2) is 20.4. The second-order valence-electron chi connectivity index (χ2n) is 17.5. The third kappa shape index (κ3) is 10.8. The van der Waals surface area contributed by atoms with Crippen LogP contribution in [0.25, 0.3) is 0 Å². The Morgan fingerprint density at radius 2 is 1.43 bits per heavy atom. The number of fused-ring (bicyclic) bond motifs is 2. The minimum absolute atomic E-state index is 0.0718. The number of aryl methyl sites for hydroxylation is 4. The Labute approximate surface area is 396 Å². The van der Waals surface area contributed by atoms with Crippen LogP contribution in [-0.2, 0) is 49.9 Å². The fraction of sp³-hybridized carbons (Fsp3) is 0.396. The maximum Gasteiger partial charge on any atom is 0.319 e. The highest BCUT2D eigenvalue weighted by Crippen LogP contribution is 2.36. The van der Waals surface area contributed by atoms with E-state index in [0.717, 1.165) is 50.8 Å². The number of carbonyl (C=O) groups excluding carboxylic acids is 9. The molecule has 4 N–H and O–H groups in total. The molecule has 0 spiro atoms. The molecule has 4 aromatic rings. The van der Waals surface area contributed by atoms with E-state index in [4.69, 9.17) is 0 Å². The van der Waals surface area contributed by atoms with Crippen LogP contribution in [0.15, 0.2) is 47.8 Å². The Hall–Kier alpha value is -6.73. The molecule has 0 aliphatic carbocycles. The molecule has 9 amide bonds. The molecule has 2 fully saturated rings. The topological polar surface area (TPSA) is 215 Å². The lowest BCUT2D eigenvalue weighted by Gasteiger charge is -2.29. The summed E-state index contributed by atoms with van der Waals surface area (Å²) in [6.45, 7) is 4.60. The summed E-state index contributed by atoms with van der Waals surface area (Å²) in [7, 11) is 7.91. The lowest BCUT2D eigenvalue weighted by atomic mass is 10.0. The molecule has 2 aromatic heterocycles. The average Bonchev–Trinajstić information content (AvgIpc) is 4.02. The Kier molecular flexibility index (Phi) is 14.7. The molecule has 0 saturated carbocycles. The van der Waals surface area contributed by atoms with Crippen molar-refractivity contribution in [1.29, 1.82) is 0 Å². The van der Waals surface area contributed by atoms with Crippen molar-refractivity contribution in [1.82, 2.24) is 25.8 Å². The lowest BCUT2D eigenvalue weighted by Crippen LogP contribution is -2.54. The number of piperidine rings is 2. The van der Waals surface area contributed by atoms with Crippen molar-refractivity contribution < 1.29 is 43.2 Å². The van der Waals surface area contributed by atoms with Crippen LogP contribution in [0.4, 0.5) is 21.9 Å². The van der Waals surface area contributed by atoms with Crippen LogP contribution < -0.4 is 31.1 Å². The summed E-state index contributed by atoms with van der Waals surface area (Å²) in [5, 5.41) is 11.8. The molecule has 4 aliphatic heterocycles. The molecule has 0 bridgehead atoms. The van der Waals surface area contributed by atoms with Gasteiger partial charge in [-0.05, 0) is 92.5 Å². The highest BCUT2D eigenvalue weighted by molar-refractivity contribution is 7.14. The highest BCUT2D eigenvalue weighted by Gasteiger charge is 2.46. The van der Waals surface area contributed by atoms with Gasteiger partial charge in [-0.2, -0.15) is 0 Å². The van der Waals surface area contributed by atoms with Gasteiger partial charge in [-0.3, -0.25) is 53.9 Å². The van der Waals surface area contributed by atoms with E-state index in [1.807, 2.05) is 63.6 Å². The number of Topliss-reactive ketones (excluding diaryl/α,β-unsaturated/α-hetero) is 1. The molecule has 352 valence electrons. The first-order valence-corrected chi connectivity index (χ1v) is 23.8. The van der Waals surface area contributed by atoms with Gasteiger partial charge < -0.3 is 25.3 Å². The van der Waals surface area contributed by atoms with E-state index in [1.54, 1.807) is 11.0 Å². The number of anilines is 3. The normalized spacial score (nSPS) is 17.7. The third-order valence-corrected chi connectivity index (χ3v) is 14.4. The van der Waals surface area contributed by atoms with Gasteiger partial charge in [-0.25, -0.2) is 4.79 Å². The van der Waals surface area contributed by atoms with Crippen LogP contribution in [0.2, 0.25) is 0 Å². The van der Waals surface area contributed by atoms with Gasteiger partial charge in [-0.15, -0.1) is 22.7 Å². The van der Waals surface area contributed by atoms with Crippen molar-refractivity contribution in [3.05, 3.63) is 95.9 Å². The molecule has 2 atom stereocenters. The van der Waals surface area contributed by atoms with Crippen LogP contribution in [0, 0.1) is 13.8 Å². The van der Waals surface area contributed by atoms with E-state index in [0.29, 0.717) is 48.4 Å². The van der Waals surface area contributed by atoms with Crippen LogP contribution in [0.1, 0.15) is 107 Å². The van der Waals surface area contributed by atoms with E-state index in [2.05, 4.69) is 51.3 Å². The standard InChI is InChI=1S/C26H31N3O4S.C22H23N5O5S/c1-16-13-17(7-9-21(16)28(2)3)5-4-6-18(30)8-11-23-19-14-29(26(33)20(19)15-34-23)22-10-12-24(31)27-25(22)32;1-11-4-5-12(8-16(11)26(2)3)24-22(32)23-10-13-9-14-18(33-13)21(31)27(20(14)30)15-6-7-17(28)25-19(15)29/h7,9,13,15,22H,4-6,8,10-12,14H2,1-3H3,(H,27,31,32);4-5,8-9,15H,6-7,10H2,1-3H3,(H2,23,24,32)(H,25,28,29). The van der Waals surface area contributed by atoms with Gasteiger partial charge in [0.05, 0.1) is 17.7 Å². The molecule has 4 aliphatic rings. The minimum atomic E-state index is -0.990. The number of carbonyl (C=O) groups is 9. The van der Waals surface area contributed by atoms with E-state index in [1.165, 1.54) is 28.2 Å². The van der Waals surface area contributed by atoms with Crippen molar-refractivity contribution in [2.75, 3.05) is 43.3 Å². The molecule has 2 aromatic carbocycles. The van der Waals surface area contributed by atoms with Crippen molar-refractivity contribution in [3.8, 4) is 0 Å². The van der Waals surface area contributed by atoms with Crippen LogP contribution in [0.5, 0.6) is 0 Å². The van der Waals surface area contributed by atoms with Gasteiger partial charge in [0.2, 0.25) is 23.6 Å². The number of hydrogen-bond acceptors (Lipinski definition) is 13. The number of thiophene rings is 2. The number of ketones is 1. The van der Waals surface area contributed by atoms with E-state index in [-0.39, 0.29) is 53.8 Å². The number of amides is 9. The van der Waals surface area contributed by atoms with Gasteiger partial charge in [-0.1, -0.05) is 18.2 Å². The SMILES string of the molecule is Cc1cc(CCCC(=O)CCc2scc3c2CN(C2CCC(=O)NC2=O)C3=O)ccc1N(C)C.Cc1ccc(NC(=O)NCc2cc3c(s2)C(=O)N(C2CCC(=O)NC2=O)C3=O)cc1N(C)C. The summed E-state index contributed by atoms with van der Waals surface area (Å²) in [6.07, 6.45) is 4.10. The third-order valence-electron chi connectivity index (χ3n) is 12.2. The van der Waals surface area contributed by atoms with Gasteiger partial charge >= 0.3 is 6.03 Å². The van der Waals surface area contributed by atoms with Gasteiger partial charge in [0, 0.05) is 92.6 Å². The Morgan fingerprint density at radius 1 is 0.746 bits per heavy atom. The van der Waals surface area contributed by atoms with E-state index in [9.17, 15) is 43.2 Å². The van der Waals surface area contributed by atoms with Crippen LogP contribution >= 0.6 is 22.7 Å². The molecular formula is C48H54N8O9S2. The molecule has 2 unspecified atom stereocenters. The first-order valence-electron chi connectivity index (χ1n) is 22.1. The maximum absolute atomic E-state index is 12.8. The van der Waals surface area contributed by atoms with Gasteiger partial charge in [0.15, 0.2) is 0 Å². The largest absolute Gasteiger partial charge is 0.377 e. The summed E-state index contributed by atoms with van der Waals surface area (Å²) in [4.78, 5) is 119. The summed E-state index contributed by atoms with van der Waals surface area (Å²) in [5.41, 5.74) is 8.18. The average molecular weight is 951 g/mol. The number of imide groups is 3. The number of rotatable bonds is 14. The molecule has 8 rings (SSSR count). The number of urea groups is 1. The fourth-order valence-electron chi connectivity index (χ4n) is 8.76. The summed E-state index contributed by atoms with van der Waals surface area (Å²) >= 11 is 2.62. The number of benzene rings is 2.